The van der Waals surface area contributed by atoms with Crippen LogP contribution in [0.4, 0.5) is 0 Å². The predicted octanol–water partition coefficient (Wildman–Crippen LogP) is 4.31. The van der Waals surface area contributed by atoms with Crippen LogP contribution in [0.15, 0.2) is 72.1 Å². The van der Waals surface area contributed by atoms with Gasteiger partial charge in [-0.1, -0.05) is 44.2 Å². The zero-order valence-electron chi connectivity index (χ0n) is 17.9. The molecule has 160 valence electrons. The number of nitrogens with one attached hydrogen (secondary N) is 2. The average Bonchev–Trinajstić information content (AvgIpc) is 3.33. The highest BCUT2D eigenvalue weighted by Crippen LogP contribution is 2.30. The van der Waals surface area contributed by atoms with Crippen molar-refractivity contribution in [1.29, 1.82) is 0 Å². The van der Waals surface area contributed by atoms with E-state index in [0.29, 0.717) is 6.54 Å². The van der Waals surface area contributed by atoms with Crippen LogP contribution in [0.3, 0.4) is 0 Å². The molecule has 3 rings (SSSR count). The van der Waals surface area contributed by atoms with E-state index in [1.807, 2.05) is 24.4 Å². The fourth-order valence-corrected chi connectivity index (χ4v) is 3.56. The summed E-state index contributed by atoms with van der Waals surface area (Å²) in [5.41, 5.74) is 2.57. The van der Waals surface area contributed by atoms with Crippen molar-refractivity contribution in [1.82, 2.24) is 25.4 Å². The molecule has 0 spiro atoms. The quantitative estimate of drug-likeness (QED) is 0.265. The van der Waals surface area contributed by atoms with Gasteiger partial charge in [0.2, 0.25) is 0 Å². The van der Waals surface area contributed by atoms with Crippen LogP contribution in [0.1, 0.15) is 37.8 Å². The summed E-state index contributed by atoms with van der Waals surface area (Å²) in [5, 5.41) is 11.2. The number of nitrogens with zero attached hydrogens (tertiary/aromatic N) is 4. The van der Waals surface area contributed by atoms with E-state index in [1.54, 1.807) is 24.1 Å². The topological polar surface area (TPSA) is 67.1 Å². The molecule has 0 saturated heterocycles. The van der Waals surface area contributed by atoms with E-state index >= 15 is 0 Å². The Balaban J connectivity index is 0.00000320. The summed E-state index contributed by atoms with van der Waals surface area (Å²) in [4.78, 5) is 8.78. The second kappa shape index (κ2) is 11.7. The molecule has 0 fully saturated rings. The first-order chi connectivity index (χ1) is 14.2. The van der Waals surface area contributed by atoms with Gasteiger partial charge in [-0.3, -0.25) is 4.99 Å². The molecule has 2 N–H and O–H groups in total. The molecule has 0 saturated carbocycles. The Hall–Kier alpha value is -2.42. The number of halogens is 1. The summed E-state index contributed by atoms with van der Waals surface area (Å²) < 4.78 is 1.76. The lowest BCUT2D eigenvalue weighted by molar-refractivity contribution is 0.389. The first kappa shape index (κ1) is 23.9. The maximum absolute atomic E-state index is 4.40. The molecule has 3 aromatic rings. The summed E-state index contributed by atoms with van der Waals surface area (Å²) in [6.07, 6.45) is 7.57. The molecule has 0 unspecified atom stereocenters. The van der Waals surface area contributed by atoms with Gasteiger partial charge in [0.1, 0.15) is 0 Å². The summed E-state index contributed by atoms with van der Waals surface area (Å²) in [5.74, 6) is 1.60. The molecular weight excluding hydrogens is 487 g/mol. The summed E-state index contributed by atoms with van der Waals surface area (Å²) in [6, 6.07) is 16.7. The lowest BCUT2D eigenvalue weighted by Crippen LogP contribution is -2.45. The van der Waals surface area contributed by atoms with Gasteiger partial charge in [0.05, 0.1) is 0 Å². The minimum absolute atomic E-state index is 0. The molecule has 6 nitrogen and oxygen atoms in total. The fourth-order valence-electron chi connectivity index (χ4n) is 3.56. The maximum Gasteiger partial charge on any atom is 0.191 e. The van der Waals surface area contributed by atoms with Gasteiger partial charge in [-0.15, -0.1) is 24.0 Å². The van der Waals surface area contributed by atoms with Crippen molar-refractivity contribution < 1.29 is 0 Å². The van der Waals surface area contributed by atoms with Gasteiger partial charge in [-0.2, -0.15) is 5.10 Å². The lowest BCUT2D eigenvalue weighted by Gasteiger charge is -2.33. The third-order valence-corrected chi connectivity index (χ3v) is 5.57. The molecule has 0 aliphatic rings. The first-order valence-electron chi connectivity index (χ1n) is 10.2. The minimum Gasteiger partial charge on any atom is -0.356 e. The van der Waals surface area contributed by atoms with E-state index < -0.39 is 0 Å². The number of aliphatic imine (C=N–C) groups is 1. The number of benzene rings is 1. The maximum atomic E-state index is 4.40. The van der Waals surface area contributed by atoms with Crippen molar-refractivity contribution in [2.45, 2.75) is 38.6 Å². The molecule has 2 heterocycles. The number of hydrogen-bond donors (Lipinski definition) is 2. The second-order valence-corrected chi connectivity index (χ2v) is 7.11. The van der Waals surface area contributed by atoms with Gasteiger partial charge >= 0.3 is 0 Å². The molecule has 0 aliphatic heterocycles. The Labute approximate surface area is 196 Å². The fraction of sp³-hybridized carbons (Fsp3) is 0.348. The monoisotopic (exact) mass is 518 g/mol. The Kier molecular flexibility index (Phi) is 9.29. The molecular formula is C23H31IN6. The highest BCUT2D eigenvalue weighted by atomic mass is 127. The van der Waals surface area contributed by atoms with E-state index in [-0.39, 0.29) is 29.4 Å². The number of rotatable bonds is 8. The lowest BCUT2D eigenvalue weighted by atomic mass is 9.76. The zero-order chi connectivity index (χ0) is 20.5. The van der Waals surface area contributed by atoms with E-state index in [1.165, 1.54) is 5.56 Å². The molecule has 0 radical (unpaired) electrons. The Bertz CT molecular complexity index is 904. The molecule has 0 amide bonds. The molecule has 2 aromatic heterocycles. The third-order valence-electron chi connectivity index (χ3n) is 5.57. The molecule has 0 bridgehead atoms. The Morgan fingerprint density at radius 1 is 1.03 bits per heavy atom. The SMILES string of the molecule is CCC(CC)(CNC(=NC)NCc1ccnc(-n2cccn2)c1)c1ccccc1.I. The van der Waals surface area contributed by atoms with Crippen molar-refractivity contribution in [3.8, 4) is 5.82 Å². The second-order valence-electron chi connectivity index (χ2n) is 7.11. The minimum atomic E-state index is 0. The molecule has 30 heavy (non-hydrogen) atoms. The summed E-state index contributed by atoms with van der Waals surface area (Å²) in [6.45, 7) is 6.00. The molecule has 0 atom stereocenters. The zero-order valence-corrected chi connectivity index (χ0v) is 20.2. The third kappa shape index (κ3) is 5.81. The van der Waals surface area contributed by atoms with Crippen LogP contribution in [0.25, 0.3) is 5.82 Å². The van der Waals surface area contributed by atoms with Crippen molar-refractivity contribution in [3.63, 3.8) is 0 Å². The van der Waals surface area contributed by atoms with Crippen LogP contribution < -0.4 is 10.6 Å². The van der Waals surface area contributed by atoms with E-state index in [2.05, 4.69) is 69.9 Å². The van der Waals surface area contributed by atoms with Crippen LogP contribution in [-0.4, -0.2) is 34.3 Å². The largest absolute Gasteiger partial charge is 0.356 e. The highest BCUT2D eigenvalue weighted by Gasteiger charge is 2.28. The van der Waals surface area contributed by atoms with Gasteiger partial charge in [0, 0.05) is 44.1 Å². The molecule has 0 aliphatic carbocycles. The van der Waals surface area contributed by atoms with E-state index in [9.17, 15) is 0 Å². The smallest absolute Gasteiger partial charge is 0.191 e. The van der Waals surface area contributed by atoms with Crippen LogP contribution >= 0.6 is 24.0 Å². The Morgan fingerprint density at radius 2 is 1.80 bits per heavy atom. The van der Waals surface area contributed by atoms with Crippen molar-refractivity contribution >= 4 is 29.9 Å². The van der Waals surface area contributed by atoms with Crippen molar-refractivity contribution in [3.05, 3.63) is 78.2 Å². The van der Waals surface area contributed by atoms with Crippen molar-refractivity contribution in [2.24, 2.45) is 4.99 Å². The van der Waals surface area contributed by atoms with Gasteiger partial charge in [0.15, 0.2) is 11.8 Å². The van der Waals surface area contributed by atoms with Crippen molar-refractivity contribution in [2.75, 3.05) is 13.6 Å². The Morgan fingerprint density at radius 3 is 2.43 bits per heavy atom. The highest BCUT2D eigenvalue weighted by molar-refractivity contribution is 14.0. The normalized spacial score (nSPS) is 11.6. The number of pyridine rings is 1. The van der Waals surface area contributed by atoms with Crippen LogP contribution in [-0.2, 0) is 12.0 Å². The molecule has 1 aromatic carbocycles. The average molecular weight is 518 g/mol. The summed E-state index contributed by atoms with van der Waals surface area (Å²) in [7, 11) is 1.80. The van der Waals surface area contributed by atoms with Gasteiger partial charge in [-0.25, -0.2) is 9.67 Å². The van der Waals surface area contributed by atoms with Gasteiger partial charge < -0.3 is 10.6 Å². The predicted molar refractivity (Wildman–Crippen MR) is 134 cm³/mol. The van der Waals surface area contributed by atoms with Crippen LogP contribution in [0, 0.1) is 0 Å². The first-order valence-corrected chi connectivity index (χ1v) is 10.2. The number of hydrogen-bond acceptors (Lipinski definition) is 3. The molecule has 7 heteroatoms. The van der Waals surface area contributed by atoms with Crippen LogP contribution in [0.5, 0.6) is 0 Å². The van der Waals surface area contributed by atoms with Gasteiger partial charge in [-0.05, 0) is 42.2 Å². The van der Waals surface area contributed by atoms with Crippen LogP contribution in [0.2, 0.25) is 0 Å². The standard InChI is InChI=1S/C23H30N6.HI/c1-4-23(5-2,20-10-7-6-8-11-20)18-27-22(24-3)26-17-19-12-14-25-21(16-19)29-15-9-13-28-29;/h6-16H,4-5,17-18H2,1-3H3,(H2,24,26,27);1H. The number of aromatic nitrogens is 3. The van der Waals surface area contributed by atoms with Gasteiger partial charge in [0.25, 0.3) is 0 Å². The number of guanidine groups is 1. The summed E-state index contributed by atoms with van der Waals surface area (Å²) >= 11 is 0. The van der Waals surface area contributed by atoms with E-state index in [0.717, 1.165) is 36.7 Å². The van der Waals surface area contributed by atoms with E-state index in [4.69, 9.17) is 0 Å².